The Hall–Kier alpha value is -2.96. The molecule has 0 saturated heterocycles. The lowest BCUT2D eigenvalue weighted by Gasteiger charge is -2.15. The van der Waals surface area contributed by atoms with Crippen LogP contribution in [-0.2, 0) is 9.53 Å². The zero-order chi connectivity index (χ0) is 17.7. The standard InChI is InChI=1S/C17H15F2NO4/c1-10(16(21)20-14-5-3-4-6-15(14)23-2)24-17(22)11-7-12(18)9-13(19)8-11/h3-10H,1-2H3,(H,20,21). The van der Waals surface area contributed by atoms with Gasteiger partial charge in [-0.2, -0.15) is 0 Å². The third kappa shape index (κ3) is 4.28. The molecule has 2 aromatic carbocycles. The summed E-state index contributed by atoms with van der Waals surface area (Å²) in [6.07, 6.45) is -1.17. The van der Waals surface area contributed by atoms with Crippen molar-refractivity contribution in [3.8, 4) is 5.75 Å². The van der Waals surface area contributed by atoms with Gasteiger partial charge in [0.25, 0.3) is 5.91 Å². The van der Waals surface area contributed by atoms with Crippen molar-refractivity contribution in [1.29, 1.82) is 0 Å². The highest BCUT2D eigenvalue weighted by Gasteiger charge is 2.21. The van der Waals surface area contributed by atoms with Gasteiger partial charge in [-0.15, -0.1) is 0 Å². The third-order valence-electron chi connectivity index (χ3n) is 3.12. The predicted octanol–water partition coefficient (Wildman–Crippen LogP) is 3.16. The molecule has 0 fully saturated rings. The molecule has 0 bridgehead atoms. The Morgan fingerprint density at radius 3 is 2.33 bits per heavy atom. The van der Waals surface area contributed by atoms with Crippen molar-refractivity contribution in [2.24, 2.45) is 0 Å². The smallest absolute Gasteiger partial charge is 0.339 e. The van der Waals surface area contributed by atoms with E-state index < -0.39 is 29.6 Å². The highest BCUT2D eigenvalue weighted by molar-refractivity contribution is 5.98. The monoisotopic (exact) mass is 335 g/mol. The first kappa shape index (κ1) is 17.4. The number of carbonyl (C=O) groups is 2. The molecular weight excluding hydrogens is 320 g/mol. The second-order valence-corrected chi connectivity index (χ2v) is 4.90. The number of nitrogens with one attached hydrogen (secondary N) is 1. The normalized spacial score (nSPS) is 11.5. The number of rotatable bonds is 5. The van der Waals surface area contributed by atoms with Crippen LogP contribution in [-0.4, -0.2) is 25.1 Å². The Kier molecular flexibility index (Phi) is 5.47. The number of amides is 1. The Labute approximate surface area is 137 Å². The minimum Gasteiger partial charge on any atom is -0.495 e. The molecular formula is C17H15F2NO4. The lowest BCUT2D eigenvalue weighted by Crippen LogP contribution is -2.30. The summed E-state index contributed by atoms with van der Waals surface area (Å²) in [6.45, 7) is 1.35. The maximum atomic E-state index is 13.1. The van der Waals surface area contributed by atoms with Crippen molar-refractivity contribution in [2.45, 2.75) is 13.0 Å². The predicted molar refractivity (Wildman–Crippen MR) is 82.9 cm³/mol. The SMILES string of the molecule is COc1ccccc1NC(=O)C(C)OC(=O)c1cc(F)cc(F)c1. The van der Waals surface area contributed by atoms with E-state index in [0.29, 0.717) is 17.5 Å². The van der Waals surface area contributed by atoms with Crippen molar-refractivity contribution >= 4 is 17.6 Å². The molecule has 5 nitrogen and oxygen atoms in total. The van der Waals surface area contributed by atoms with E-state index in [1.54, 1.807) is 24.3 Å². The van der Waals surface area contributed by atoms with Gasteiger partial charge in [-0.25, -0.2) is 13.6 Å². The van der Waals surface area contributed by atoms with Crippen LogP contribution in [0, 0.1) is 11.6 Å². The average molecular weight is 335 g/mol. The van der Waals surface area contributed by atoms with Gasteiger partial charge in [0.15, 0.2) is 6.10 Å². The number of benzene rings is 2. The van der Waals surface area contributed by atoms with Crippen LogP contribution in [0.1, 0.15) is 17.3 Å². The van der Waals surface area contributed by atoms with Crippen LogP contribution in [0.2, 0.25) is 0 Å². The van der Waals surface area contributed by atoms with Gasteiger partial charge in [-0.3, -0.25) is 4.79 Å². The molecule has 0 heterocycles. The number of para-hydroxylation sites is 2. The maximum absolute atomic E-state index is 13.1. The highest BCUT2D eigenvalue weighted by atomic mass is 19.1. The van der Waals surface area contributed by atoms with Crippen LogP contribution in [0.25, 0.3) is 0 Å². The van der Waals surface area contributed by atoms with Crippen molar-refractivity contribution in [3.05, 3.63) is 59.7 Å². The fourth-order valence-electron chi connectivity index (χ4n) is 1.94. The fourth-order valence-corrected chi connectivity index (χ4v) is 1.94. The lowest BCUT2D eigenvalue weighted by molar-refractivity contribution is -0.123. The molecule has 0 aliphatic carbocycles. The lowest BCUT2D eigenvalue weighted by atomic mass is 10.2. The number of anilines is 1. The number of hydrogen-bond donors (Lipinski definition) is 1. The minimum atomic E-state index is -1.17. The van der Waals surface area contributed by atoms with Crippen molar-refractivity contribution < 1.29 is 27.8 Å². The van der Waals surface area contributed by atoms with E-state index >= 15 is 0 Å². The topological polar surface area (TPSA) is 64.6 Å². The summed E-state index contributed by atoms with van der Waals surface area (Å²) >= 11 is 0. The zero-order valence-electron chi connectivity index (χ0n) is 13.0. The highest BCUT2D eigenvalue weighted by Crippen LogP contribution is 2.23. The third-order valence-corrected chi connectivity index (χ3v) is 3.12. The van der Waals surface area contributed by atoms with Gasteiger partial charge in [-0.1, -0.05) is 12.1 Å². The molecule has 0 saturated carbocycles. The Balaban J connectivity index is 2.04. The first-order valence-corrected chi connectivity index (χ1v) is 7.01. The van der Waals surface area contributed by atoms with Crippen LogP contribution in [0.4, 0.5) is 14.5 Å². The van der Waals surface area contributed by atoms with Gasteiger partial charge in [0.2, 0.25) is 0 Å². The molecule has 0 aliphatic rings. The Morgan fingerprint density at radius 2 is 1.71 bits per heavy atom. The molecule has 1 amide bonds. The molecule has 2 aromatic rings. The van der Waals surface area contributed by atoms with Crippen molar-refractivity contribution in [3.63, 3.8) is 0 Å². The van der Waals surface area contributed by atoms with Gasteiger partial charge in [0.1, 0.15) is 17.4 Å². The number of hydrogen-bond acceptors (Lipinski definition) is 4. The number of methoxy groups -OCH3 is 1. The fraction of sp³-hybridized carbons (Fsp3) is 0.176. The van der Waals surface area contributed by atoms with E-state index in [2.05, 4.69) is 5.32 Å². The summed E-state index contributed by atoms with van der Waals surface area (Å²) in [5, 5.41) is 2.55. The van der Waals surface area contributed by atoms with Gasteiger partial charge in [0, 0.05) is 6.07 Å². The van der Waals surface area contributed by atoms with Crippen molar-refractivity contribution in [2.75, 3.05) is 12.4 Å². The van der Waals surface area contributed by atoms with Crippen LogP contribution in [0.15, 0.2) is 42.5 Å². The molecule has 0 radical (unpaired) electrons. The molecule has 0 spiro atoms. The van der Waals surface area contributed by atoms with Gasteiger partial charge in [-0.05, 0) is 31.2 Å². The molecule has 0 aromatic heterocycles. The molecule has 0 aliphatic heterocycles. The number of carbonyl (C=O) groups excluding carboxylic acids is 2. The summed E-state index contributed by atoms with van der Waals surface area (Å²) in [7, 11) is 1.45. The number of esters is 1. The molecule has 24 heavy (non-hydrogen) atoms. The van der Waals surface area contributed by atoms with Crippen molar-refractivity contribution in [1.82, 2.24) is 0 Å². The van der Waals surface area contributed by atoms with Crippen LogP contribution in [0.5, 0.6) is 5.75 Å². The second-order valence-electron chi connectivity index (χ2n) is 4.90. The molecule has 1 N–H and O–H groups in total. The van der Waals surface area contributed by atoms with Gasteiger partial charge >= 0.3 is 5.97 Å². The molecule has 1 atom stereocenters. The van der Waals surface area contributed by atoms with Gasteiger partial charge in [0.05, 0.1) is 18.4 Å². The first-order chi connectivity index (χ1) is 11.4. The van der Waals surface area contributed by atoms with E-state index in [1.807, 2.05) is 0 Å². The quantitative estimate of drug-likeness (QED) is 0.853. The summed E-state index contributed by atoms with van der Waals surface area (Å²) in [4.78, 5) is 24.0. The second kappa shape index (κ2) is 7.54. The molecule has 7 heteroatoms. The van der Waals surface area contributed by atoms with E-state index in [1.165, 1.54) is 14.0 Å². The summed E-state index contributed by atoms with van der Waals surface area (Å²) in [5.74, 6) is -2.99. The summed E-state index contributed by atoms with van der Waals surface area (Å²) < 4.78 is 36.3. The minimum absolute atomic E-state index is 0.315. The number of halogens is 2. The summed E-state index contributed by atoms with van der Waals surface area (Å²) in [6, 6.07) is 9.00. The Morgan fingerprint density at radius 1 is 1.08 bits per heavy atom. The van der Waals surface area contributed by atoms with E-state index in [0.717, 1.165) is 12.1 Å². The zero-order valence-corrected chi connectivity index (χ0v) is 13.0. The van der Waals surface area contributed by atoms with Crippen LogP contribution in [0.3, 0.4) is 0 Å². The molecule has 1 unspecified atom stereocenters. The van der Waals surface area contributed by atoms with E-state index in [4.69, 9.17) is 9.47 Å². The van der Waals surface area contributed by atoms with Gasteiger partial charge < -0.3 is 14.8 Å². The summed E-state index contributed by atoms with van der Waals surface area (Å²) in [5.41, 5.74) is 0.0918. The molecule has 2 rings (SSSR count). The average Bonchev–Trinajstić information content (AvgIpc) is 2.54. The van der Waals surface area contributed by atoms with Crippen LogP contribution >= 0.6 is 0 Å². The maximum Gasteiger partial charge on any atom is 0.339 e. The number of ether oxygens (including phenoxy) is 2. The van der Waals surface area contributed by atoms with E-state index in [9.17, 15) is 18.4 Å². The van der Waals surface area contributed by atoms with Crippen LogP contribution < -0.4 is 10.1 Å². The molecule has 126 valence electrons. The Bertz CT molecular complexity index is 744. The largest absolute Gasteiger partial charge is 0.495 e. The first-order valence-electron chi connectivity index (χ1n) is 7.01. The van der Waals surface area contributed by atoms with E-state index in [-0.39, 0.29) is 5.56 Å².